The molecule has 1 saturated carbocycles. The second-order valence-corrected chi connectivity index (χ2v) is 3.25. The Morgan fingerprint density at radius 3 is 2.56 bits per heavy atom. The molecule has 0 spiro atoms. The van der Waals surface area contributed by atoms with Crippen LogP contribution in [0.3, 0.4) is 0 Å². The maximum Gasteiger partial charge on any atom is -0.00772 e. The SMILES string of the molecule is CC1CCC1CCCN. The van der Waals surface area contributed by atoms with Crippen LogP contribution in [0, 0.1) is 11.8 Å². The number of hydrogen-bond acceptors (Lipinski definition) is 1. The van der Waals surface area contributed by atoms with Crippen LogP contribution in [0.5, 0.6) is 0 Å². The maximum atomic E-state index is 5.40. The Morgan fingerprint density at radius 2 is 2.22 bits per heavy atom. The molecule has 2 unspecified atom stereocenters. The summed E-state index contributed by atoms with van der Waals surface area (Å²) >= 11 is 0. The molecule has 9 heavy (non-hydrogen) atoms. The lowest BCUT2D eigenvalue weighted by Gasteiger charge is -2.33. The van der Waals surface area contributed by atoms with Gasteiger partial charge in [-0.05, 0) is 37.6 Å². The topological polar surface area (TPSA) is 26.0 Å². The molecule has 0 aromatic heterocycles. The van der Waals surface area contributed by atoms with Crippen LogP contribution in [0.2, 0.25) is 0 Å². The molecule has 1 rings (SSSR count). The van der Waals surface area contributed by atoms with Gasteiger partial charge in [-0.1, -0.05) is 13.3 Å². The van der Waals surface area contributed by atoms with Crippen LogP contribution >= 0.6 is 0 Å². The van der Waals surface area contributed by atoms with E-state index in [1.807, 2.05) is 0 Å². The molecule has 0 saturated heterocycles. The number of nitrogens with two attached hydrogens (primary N) is 1. The second kappa shape index (κ2) is 3.21. The summed E-state index contributed by atoms with van der Waals surface area (Å²) in [6.07, 6.45) is 5.52. The molecule has 0 heterocycles. The molecule has 0 aromatic carbocycles. The lowest BCUT2D eigenvalue weighted by molar-refractivity contribution is 0.181. The van der Waals surface area contributed by atoms with Crippen LogP contribution < -0.4 is 5.73 Å². The van der Waals surface area contributed by atoms with Crippen molar-refractivity contribution in [2.75, 3.05) is 6.54 Å². The van der Waals surface area contributed by atoms with Gasteiger partial charge in [0.15, 0.2) is 0 Å². The third-order valence-electron chi connectivity index (χ3n) is 2.58. The van der Waals surface area contributed by atoms with Gasteiger partial charge in [0.1, 0.15) is 0 Å². The molecule has 1 fully saturated rings. The monoisotopic (exact) mass is 127 g/mol. The van der Waals surface area contributed by atoms with Gasteiger partial charge in [-0.25, -0.2) is 0 Å². The summed E-state index contributed by atoms with van der Waals surface area (Å²) < 4.78 is 0. The first-order chi connectivity index (χ1) is 4.34. The molecule has 0 aliphatic heterocycles. The molecule has 0 radical (unpaired) electrons. The predicted octanol–water partition coefficient (Wildman–Crippen LogP) is 1.77. The fraction of sp³-hybridized carbons (Fsp3) is 1.00. The fourth-order valence-corrected chi connectivity index (χ4v) is 1.54. The van der Waals surface area contributed by atoms with Crippen molar-refractivity contribution in [1.29, 1.82) is 0 Å². The van der Waals surface area contributed by atoms with Crippen molar-refractivity contribution in [3.05, 3.63) is 0 Å². The molecule has 0 bridgehead atoms. The van der Waals surface area contributed by atoms with Gasteiger partial charge in [-0.2, -0.15) is 0 Å². The zero-order chi connectivity index (χ0) is 6.69. The summed E-state index contributed by atoms with van der Waals surface area (Å²) in [5, 5.41) is 0. The Hall–Kier alpha value is -0.0400. The van der Waals surface area contributed by atoms with Crippen molar-refractivity contribution in [3.63, 3.8) is 0 Å². The quantitative estimate of drug-likeness (QED) is 0.614. The molecular weight excluding hydrogens is 110 g/mol. The zero-order valence-corrected chi connectivity index (χ0v) is 6.27. The van der Waals surface area contributed by atoms with E-state index in [0.717, 1.165) is 18.4 Å². The minimum Gasteiger partial charge on any atom is -0.330 e. The van der Waals surface area contributed by atoms with Gasteiger partial charge in [0.25, 0.3) is 0 Å². The molecule has 0 aromatic rings. The van der Waals surface area contributed by atoms with E-state index in [1.54, 1.807) is 0 Å². The number of hydrogen-bond donors (Lipinski definition) is 1. The van der Waals surface area contributed by atoms with E-state index in [1.165, 1.54) is 25.7 Å². The van der Waals surface area contributed by atoms with Crippen LogP contribution in [0.4, 0.5) is 0 Å². The smallest absolute Gasteiger partial charge is 0.00772 e. The van der Waals surface area contributed by atoms with E-state index < -0.39 is 0 Å². The van der Waals surface area contributed by atoms with E-state index in [4.69, 9.17) is 5.73 Å². The van der Waals surface area contributed by atoms with Gasteiger partial charge < -0.3 is 5.73 Å². The molecule has 0 amide bonds. The third kappa shape index (κ3) is 1.68. The summed E-state index contributed by atoms with van der Waals surface area (Å²) in [4.78, 5) is 0. The highest BCUT2D eigenvalue weighted by Gasteiger charge is 2.25. The van der Waals surface area contributed by atoms with Crippen molar-refractivity contribution in [1.82, 2.24) is 0 Å². The summed E-state index contributed by atoms with van der Waals surface area (Å²) in [5.41, 5.74) is 5.40. The molecule has 1 nitrogen and oxygen atoms in total. The van der Waals surface area contributed by atoms with E-state index in [2.05, 4.69) is 6.92 Å². The van der Waals surface area contributed by atoms with Crippen LogP contribution in [0.1, 0.15) is 32.6 Å². The molecular formula is C8H17N. The number of rotatable bonds is 3. The van der Waals surface area contributed by atoms with Crippen LogP contribution in [-0.2, 0) is 0 Å². The van der Waals surface area contributed by atoms with Crippen molar-refractivity contribution >= 4 is 0 Å². The Bertz CT molecular complexity index is 80.6. The Morgan fingerprint density at radius 1 is 1.44 bits per heavy atom. The summed E-state index contributed by atoms with van der Waals surface area (Å²) in [5.74, 6) is 2.02. The van der Waals surface area contributed by atoms with Gasteiger partial charge >= 0.3 is 0 Å². The van der Waals surface area contributed by atoms with Crippen molar-refractivity contribution in [2.45, 2.75) is 32.6 Å². The van der Waals surface area contributed by atoms with Crippen molar-refractivity contribution in [2.24, 2.45) is 17.6 Å². The molecule has 1 aliphatic rings. The first-order valence-electron chi connectivity index (χ1n) is 4.04. The van der Waals surface area contributed by atoms with E-state index in [9.17, 15) is 0 Å². The maximum absolute atomic E-state index is 5.40. The molecule has 2 N–H and O–H groups in total. The highest BCUT2D eigenvalue weighted by molar-refractivity contribution is 4.76. The predicted molar refractivity (Wildman–Crippen MR) is 40.2 cm³/mol. The van der Waals surface area contributed by atoms with Gasteiger partial charge in [0, 0.05) is 0 Å². The Balaban J connectivity index is 1.99. The van der Waals surface area contributed by atoms with Gasteiger partial charge in [0.2, 0.25) is 0 Å². The van der Waals surface area contributed by atoms with E-state index in [-0.39, 0.29) is 0 Å². The van der Waals surface area contributed by atoms with Crippen molar-refractivity contribution < 1.29 is 0 Å². The van der Waals surface area contributed by atoms with Crippen LogP contribution in [0.15, 0.2) is 0 Å². The van der Waals surface area contributed by atoms with E-state index >= 15 is 0 Å². The third-order valence-corrected chi connectivity index (χ3v) is 2.58. The molecule has 1 heteroatoms. The van der Waals surface area contributed by atoms with Crippen molar-refractivity contribution in [3.8, 4) is 0 Å². The van der Waals surface area contributed by atoms with Gasteiger partial charge in [-0.3, -0.25) is 0 Å². The standard InChI is InChI=1S/C8H17N/c1-7-4-5-8(7)3-2-6-9/h7-8H,2-6,9H2,1H3. The molecule has 2 atom stereocenters. The average Bonchev–Trinajstić information content (AvgIpc) is 1.86. The normalized spacial score (nSPS) is 34.0. The summed E-state index contributed by atoms with van der Waals surface area (Å²) in [7, 11) is 0. The van der Waals surface area contributed by atoms with E-state index in [0.29, 0.717) is 0 Å². The largest absolute Gasteiger partial charge is 0.330 e. The lowest BCUT2D eigenvalue weighted by Crippen LogP contribution is -2.23. The van der Waals surface area contributed by atoms with Crippen LogP contribution in [0.25, 0.3) is 0 Å². The second-order valence-electron chi connectivity index (χ2n) is 3.25. The summed E-state index contributed by atoms with van der Waals surface area (Å²) in [6, 6.07) is 0. The molecule has 1 aliphatic carbocycles. The first-order valence-corrected chi connectivity index (χ1v) is 4.04. The highest BCUT2D eigenvalue weighted by atomic mass is 14.5. The minimum absolute atomic E-state index is 0.878. The fourth-order valence-electron chi connectivity index (χ4n) is 1.54. The Labute approximate surface area is 57.6 Å². The Kier molecular flexibility index (Phi) is 2.52. The summed E-state index contributed by atoms with van der Waals surface area (Å²) in [6.45, 7) is 3.23. The van der Waals surface area contributed by atoms with Crippen LogP contribution in [-0.4, -0.2) is 6.54 Å². The van der Waals surface area contributed by atoms with Gasteiger partial charge in [0.05, 0.1) is 0 Å². The molecule has 54 valence electrons. The zero-order valence-electron chi connectivity index (χ0n) is 6.27. The minimum atomic E-state index is 0.878. The highest BCUT2D eigenvalue weighted by Crippen LogP contribution is 2.36. The first kappa shape index (κ1) is 7.07. The lowest BCUT2D eigenvalue weighted by atomic mass is 9.73. The van der Waals surface area contributed by atoms with Gasteiger partial charge in [-0.15, -0.1) is 0 Å². The average molecular weight is 127 g/mol.